The molecule has 0 radical (unpaired) electrons. The lowest BCUT2D eigenvalue weighted by Gasteiger charge is -2.39. The summed E-state index contributed by atoms with van der Waals surface area (Å²) < 4.78 is 13.1. The van der Waals surface area contributed by atoms with Crippen LogP contribution in [0, 0.1) is 29.5 Å². The quantitative estimate of drug-likeness (QED) is 0.723. The number of nitrogens with one attached hydrogen (secondary N) is 1. The normalized spacial score (nSPS) is 24.7. The summed E-state index contributed by atoms with van der Waals surface area (Å²) in [6, 6.07) is 12.1. The molecule has 0 unspecified atom stereocenters. The van der Waals surface area contributed by atoms with E-state index in [1.807, 2.05) is 12.1 Å². The number of hydrogen-bond acceptors (Lipinski definition) is 3. The van der Waals surface area contributed by atoms with Crippen molar-refractivity contribution in [1.82, 2.24) is 4.90 Å². The molecule has 1 amide bonds. The number of amides is 1. The Morgan fingerprint density at radius 1 is 1.06 bits per heavy atom. The fraction of sp³-hybridized carbons (Fsp3) is 0.423. The third kappa shape index (κ3) is 3.81. The van der Waals surface area contributed by atoms with Crippen molar-refractivity contribution in [3.63, 3.8) is 0 Å². The molecule has 3 atom stereocenters. The summed E-state index contributed by atoms with van der Waals surface area (Å²) in [6.45, 7) is 0.798. The zero-order valence-electron chi connectivity index (χ0n) is 17.5. The number of carbonyl (C=O) groups excluding carboxylic acids is 1. The zero-order valence-corrected chi connectivity index (χ0v) is 17.5. The minimum absolute atomic E-state index is 0.0194. The number of aliphatic hydroxyl groups excluding tert-OH is 1. The molecule has 160 valence electrons. The fourth-order valence-corrected chi connectivity index (χ4v) is 5.47. The number of rotatable bonds is 2. The molecular weight excluding hydrogens is 391 g/mol. The van der Waals surface area contributed by atoms with Crippen LogP contribution in [0.5, 0.6) is 0 Å². The average molecular weight is 419 g/mol. The molecule has 1 aliphatic carbocycles. The van der Waals surface area contributed by atoms with E-state index in [1.54, 1.807) is 12.1 Å². The second-order valence-corrected chi connectivity index (χ2v) is 8.90. The van der Waals surface area contributed by atoms with E-state index in [2.05, 4.69) is 28.1 Å². The number of anilines is 1. The lowest BCUT2D eigenvalue weighted by Crippen LogP contribution is -2.44. The lowest BCUT2D eigenvalue weighted by molar-refractivity contribution is -0.136. The van der Waals surface area contributed by atoms with Crippen molar-refractivity contribution in [2.75, 3.05) is 18.5 Å². The van der Waals surface area contributed by atoms with Crippen molar-refractivity contribution in [2.24, 2.45) is 11.8 Å². The van der Waals surface area contributed by atoms with Gasteiger partial charge in [0, 0.05) is 35.2 Å². The molecule has 5 heteroatoms. The second kappa shape index (κ2) is 8.36. The molecule has 1 saturated heterocycles. The number of carbonyl (C=O) groups is 1. The Morgan fingerprint density at radius 3 is 2.52 bits per heavy atom. The number of likely N-dealkylation sites (tertiary alicyclic amines) is 1. The predicted octanol–water partition coefficient (Wildman–Crippen LogP) is 4.09. The van der Waals surface area contributed by atoms with E-state index in [1.165, 1.54) is 12.1 Å². The van der Waals surface area contributed by atoms with Crippen molar-refractivity contribution < 1.29 is 14.3 Å². The van der Waals surface area contributed by atoms with Crippen molar-refractivity contribution in [3.05, 3.63) is 65.0 Å². The van der Waals surface area contributed by atoms with Gasteiger partial charge in [0.25, 0.3) is 0 Å². The van der Waals surface area contributed by atoms with Crippen LogP contribution in [-0.4, -0.2) is 35.1 Å². The minimum atomic E-state index is -0.275. The second-order valence-electron chi connectivity index (χ2n) is 8.90. The Labute approximate surface area is 182 Å². The molecule has 2 aliphatic heterocycles. The minimum Gasteiger partial charge on any atom is -0.394 e. The molecule has 31 heavy (non-hydrogen) atoms. The third-order valence-corrected chi connectivity index (χ3v) is 7.05. The molecule has 2 heterocycles. The summed E-state index contributed by atoms with van der Waals surface area (Å²) in [4.78, 5) is 15.4. The number of aliphatic hydroxyl groups is 1. The van der Waals surface area contributed by atoms with Crippen LogP contribution < -0.4 is 5.32 Å². The first-order valence-electron chi connectivity index (χ1n) is 11.2. The lowest BCUT2D eigenvalue weighted by atomic mass is 9.82. The van der Waals surface area contributed by atoms with Crippen molar-refractivity contribution in [1.29, 1.82) is 0 Å². The van der Waals surface area contributed by atoms with Gasteiger partial charge in [0.05, 0.1) is 18.7 Å². The molecule has 2 fully saturated rings. The monoisotopic (exact) mass is 418 g/mol. The first-order chi connectivity index (χ1) is 15.1. The molecule has 5 rings (SSSR count). The number of benzene rings is 2. The van der Waals surface area contributed by atoms with Gasteiger partial charge in [0.2, 0.25) is 5.91 Å². The first-order valence-corrected chi connectivity index (χ1v) is 11.2. The standard InChI is InChI=1S/C26H27FN2O2/c27-20-10-7-17(8-11-20)5-6-18-9-12-23-22(15-18)25-21(24(16-30)28-23)13-14-29(25)26(31)19-3-1-2-4-19/h7-12,15,19,21,24-25,28,30H,1-4,13-14,16H2/t21-,24-,25-/m0/s1. The fourth-order valence-electron chi connectivity index (χ4n) is 5.47. The van der Waals surface area contributed by atoms with E-state index in [-0.39, 0.29) is 42.3 Å². The third-order valence-electron chi connectivity index (χ3n) is 7.05. The van der Waals surface area contributed by atoms with Crippen molar-refractivity contribution in [3.8, 4) is 11.8 Å². The van der Waals surface area contributed by atoms with Crippen LogP contribution >= 0.6 is 0 Å². The van der Waals surface area contributed by atoms with Crippen LogP contribution in [-0.2, 0) is 4.79 Å². The molecule has 2 aromatic carbocycles. The summed E-state index contributed by atoms with van der Waals surface area (Å²) in [6.07, 6.45) is 5.15. The van der Waals surface area contributed by atoms with Gasteiger partial charge in [0.15, 0.2) is 0 Å². The molecule has 0 aromatic heterocycles. The highest BCUT2D eigenvalue weighted by Gasteiger charge is 2.46. The van der Waals surface area contributed by atoms with E-state index < -0.39 is 0 Å². The molecular formula is C26H27FN2O2. The largest absolute Gasteiger partial charge is 0.394 e. The Kier molecular flexibility index (Phi) is 5.41. The molecule has 0 spiro atoms. The molecule has 1 saturated carbocycles. The van der Waals surface area contributed by atoms with E-state index in [4.69, 9.17) is 0 Å². The SMILES string of the molecule is O=C(C1CCCC1)N1CC[C@H]2[C@H](CO)Nc3ccc(C#Cc4ccc(F)cc4)cc3[C@H]21. The summed E-state index contributed by atoms with van der Waals surface area (Å²) in [5, 5.41) is 13.4. The highest BCUT2D eigenvalue weighted by molar-refractivity contribution is 5.80. The maximum Gasteiger partial charge on any atom is 0.226 e. The van der Waals surface area contributed by atoms with Crippen LogP contribution in [0.4, 0.5) is 10.1 Å². The highest BCUT2D eigenvalue weighted by Crippen LogP contribution is 2.47. The van der Waals surface area contributed by atoms with Crippen LogP contribution in [0.1, 0.15) is 54.8 Å². The first kappa shape index (κ1) is 20.1. The number of hydrogen-bond donors (Lipinski definition) is 2. The summed E-state index contributed by atoms with van der Waals surface area (Å²) in [5.41, 5.74) is 3.68. The highest BCUT2D eigenvalue weighted by atomic mass is 19.1. The summed E-state index contributed by atoms with van der Waals surface area (Å²) in [7, 11) is 0. The smallest absolute Gasteiger partial charge is 0.226 e. The van der Waals surface area contributed by atoms with E-state index in [0.717, 1.165) is 61.0 Å². The van der Waals surface area contributed by atoms with Gasteiger partial charge in [-0.1, -0.05) is 24.7 Å². The van der Waals surface area contributed by atoms with Crippen molar-refractivity contribution >= 4 is 11.6 Å². The van der Waals surface area contributed by atoms with Gasteiger partial charge in [-0.25, -0.2) is 4.39 Å². The van der Waals surface area contributed by atoms with Gasteiger partial charge in [-0.2, -0.15) is 0 Å². The van der Waals surface area contributed by atoms with Gasteiger partial charge in [-0.05, 0) is 67.3 Å². The maximum absolute atomic E-state index is 13.3. The van der Waals surface area contributed by atoms with Crippen LogP contribution in [0.3, 0.4) is 0 Å². The molecule has 2 N–H and O–H groups in total. The zero-order chi connectivity index (χ0) is 21.4. The Bertz CT molecular complexity index is 1030. The van der Waals surface area contributed by atoms with Crippen molar-refractivity contribution in [2.45, 2.75) is 44.2 Å². The molecule has 4 nitrogen and oxygen atoms in total. The summed E-state index contributed by atoms with van der Waals surface area (Å²) >= 11 is 0. The topological polar surface area (TPSA) is 52.6 Å². The van der Waals surface area contributed by atoms with Gasteiger partial charge in [0.1, 0.15) is 5.82 Å². The van der Waals surface area contributed by atoms with Crippen LogP contribution in [0.15, 0.2) is 42.5 Å². The van der Waals surface area contributed by atoms with E-state index >= 15 is 0 Å². The average Bonchev–Trinajstić information content (AvgIpc) is 3.48. The summed E-state index contributed by atoms with van der Waals surface area (Å²) in [5.74, 6) is 6.62. The Hall–Kier alpha value is -2.84. The van der Waals surface area contributed by atoms with Crippen LogP contribution in [0.25, 0.3) is 0 Å². The Balaban J connectivity index is 1.48. The number of halogens is 1. The van der Waals surface area contributed by atoms with Crippen LogP contribution in [0.2, 0.25) is 0 Å². The van der Waals surface area contributed by atoms with E-state index in [0.29, 0.717) is 0 Å². The molecule has 3 aliphatic rings. The van der Waals surface area contributed by atoms with E-state index in [9.17, 15) is 14.3 Å². The van der Waals surface area contributed by atoms with Gasteiger partial charge < -0.3 is 15.3 Å². The Morgan fingerprint density at radius 2 is 1.77 bits per heavy atom. The van der Waals surface area contributed by atoms with Gasteiger partial charge in [-0.3, -0.25) is 4.79 Å². The number of fused-ring (bicyclic) bond motifs is 3. The predicted molar refractivity (Wildman–Crippen MR) is 118 cm³/mol. The van der Waals surface area contributed by atoms with Gasteiger partial charge >= 0.3 is 0 Å². The number of nitrogens with zero attached hydrogens (tertiary/aromatic N) is 1. The molecule has 2 aromatic rings. The maximum atomic E-state index is 13.3. The molecule has 0 bridgehead atoms. The van der Waals surface area contributed by atoms with Gasteiger partial charge in [-0.15, -0.1) is 0 Å².